The van der Waals surface area contributed by atoms with Crippen molar-refractivity contribution in [3.05, 3.63) is 17.0 Å². The van der Waals surface area contributed by atoms with Crippen LogP contribution in [0.2, 0.25) is 0 Å². The number of likely N-dealkylation sites (N-methyl/N-ethyl adjacent to an activating group) is 1. The summed E-state index contributed by atoms with van der Waals surface area (Å²) >= 11 is 1.26. The molecule has 1 heterocycles. The van der Waals surface area contributed by atoms with Gasteiger partial charge >= 0.3 is 5.97 Å². The third-order valence-electron chi connectivity index (χ3n) is 2.63. The number of hydrogen-bond donors (Lipinski definition) is 2. The molecule has 114 valence electrons. The average Bonchev–Trinajstić information content (AvgIpc) is 2.82. The van der Waals surface area contributed by atoms with E-state index >= 15 is 0 Å². The lowest BCUT2D eigenvalue weighted by Crippen LogP contribution is -2.40. The molecule has 7 nitrogen and oxygen atoms in total. The topological polar surface area (TPSA) is 96.7 Å². The Labute approximate surface area is 127 Å². The largest absolute Gasteiger partial charge is 0.480 e. The van der Waals surface area contributed by atoms with Gasteiger partial charge in [0.15, 0.2) is 0 Å². The van der Waals surface area contributed by atoms with Crippen LogP contribution >= 0.6 is 11.3 Å². The van der Waals surface area contributed by atoms with Crippen molar-refractivity contribution in [3.8, 4) is 6.07 Å². The number of carboxylic acids is 1. The van der Waals surface area contributed by atoms with Gasteiger partial charge in [-0.2, -0.15) is 5.26 Å². The highest BCUT2D eigenvalue weighted by atomic mass is 32.1. The molecule has 0 atom stereocenters. The summed E-state index contributed by atoms with van der Waals surface area (Å²) in [5, 5.41) is 22.6. The van der Waals surface area contributed by atoms with Gasteiger partial charge in [-0.3, -0.25) is 14.5 Å². The normalized spacial score (nSPS) is 10.6. The molecule has 0 aliphatic rings. The van der Waals surface area contributed by atoms with Gasteiger partial charge in [0.05, 0.1) is 18.7 Å². The predicted octanol–water partition coefficient (Wildman–Crippen LogP) is 0.506. The number of nitriles is 1. The Kier molecular flexibility index (Phi) is 6.81. The molecule has 21 heavy (non-hydrogen) atoms. The fourth-order valence-electron chi connectivity index (χ4n) is 1.61. The Hall–Kier alpha value is -1.95. The van der Waals surface area contributed by atoms with Gasteiger partial charge in [0.2, 0.25) is 5.91 Å². The van der Waals surface area contributed by atoms with E-state index in [4.69, 9.17) is 10.4 Å². The first-order valence-corrected chi connectivity index (χ1v) is 7.16. The summed E-state index contributed by atoms with van der Waals surface area (Å²) in [5.41, 5.74) is 0.409. The Morgan fingerprint density at radius 1 is 1.38 bits per heavy atom. The van der Waals surface area contributed by atoms with Gasteiger partial charge in [-0.15, -0.1) is 11.3 Å². The number of anilines is 1. The minimum Gasteiger partial charge on any atom is -0.480 e. The van der Waals surface area contributed by atoms with Crippen molar-refractivity contribution in [3.63, 3.8) is 0 Å². The Bertz CT molecular complexity index is 536. The van der Waals surface area contributed by atoms with Crippen LogP contribution in [0.4, 0.5) is 5.00 Å². The predicted molar refractivity (Wildman–Crippen MR) is 80.3 cm³/mol. The van der Waals surface area contributed by atoms with E-state index in [9.17, 15) is 9.59 Å². The summed E-state index contributed by atoms with van der Waals surface area (Å²) in [5.74, 6) is -1.30. The van der Waals surface area contributed by atoms with Crippen LogP contribution in [0.1, 0.15) is 5.56 Å². The molecule has 1 aromatic rings. The number of thiophene rings is 1. The molecular weight excluding hydrogens is 292 g/mol. The molecule has 0 spiro atoms. The lowest BCUT2D eigenvalue weighted by atomic mass is 10.3. The fourth-order valence-corrected chi connectivity index (χ4v) is 2.36. The van der Waals surface area contributed by atoms with E-state index in [1.54, 1.807) is 16.3 Å². The number of carbonyl (C=O) groups excluding carboxylic acids is 1. The number of amides is 1. The van der Waals surface area contributed by atoms with E-state index in [1.807, 2.05) is 25.1 Å². The highest BCUT2D eigenvalue weighted by Crippen LogP contribution is 2.21. The summed E-state index contributed by atoms with van der Waals surface area (Å²) in [6.45, 7) is 0.908. The van der Waals surface area contributed by atoms with Gasteiger partial charge in [-0.25, -0.2) is 0 Å². The minimum absolute atomic E-state index is 0.0249. The number of carbonyl (C=O) groups is 2. The van der Waals surface area contributed by atoms with E-state index in [0.29, 0.717) is 23.7 Å². The number of aliphatic carboxylic acids is 1. The van der Waals surface area contributed by atoms with Gasteiger partial charge in [-0.1, -0.05) is 0 Å². The summed E-state index contributed by atoms with van der Waals surface area (Å²) in [6, 6.07) is 3.61. The maximum atomic E-state index is 12.0. The van der Waals surface area contributed by atoms with Crippen molar-refractivity contribution < 1.29 is 14.7 Å². The molecule has 0 saturated heterocycles. The molecule has 1 aromatic heterocycles. The highest BCUT2D eigenvalue weighted by Gasteiger charge is 2.15. The van der Waals surface area contributed by atoms with E-state index in [1.165, 1.54) is 11.3 Å². The zero-order valence-electron chi connectivity index (χ0n) is 12.0. The first-order valence-electron chi connectivity index (χ1n) is 6.28. The van der Waals surface area contributed by atoms with Gasteiger partial charge in [0.25, 0.3) is 0 Å². The lowest BCUT2D eigenvalue weighted by Gasteiger charge is -2.21. The second-order valence-electron chi connectivity index (χ2n) is 4.73. The number of nitrogens with zero attached hydrogens (tertiary/aromatic N) is 3. The molecule has 0 bridgehead atoms. The molecule has 8 heteroatoms. The van der Waals surface area contributed by atoms with Crippen LogP contribution in [-0.4, -0.2) is 67.1 Å². The monoisotopic (exact) mass is 310 g/mol. The standard InChI is InChI=1S/C13H18N4O3S/c1-16(2)4-5-17(9-12(19)20)8-11(18)15-13-10(7-14)3-6-21-13/h3,6H,4-5,8-9H2,1-2H3,(H,15,18)(H,19,20). The number of hydrogen-bond acceptors (Lipinski definition) is 6. The molecule has 0 saturated carbocycles. The Morgan fingerprint density at radius 3 is 2.67 bits per heavy atom. The molecule has 0 unspecified atom stereocenters. The minimum atomic E-state index is -0.976. The molecule has 1 amide bonds. The maximum absolute atomic E-state index is 12.0. The van der Waals surface area contributed by atoms with Crippen LogP contribution < -0.4 is 5.32 Å². The van der Waals surface area contributed by atoms with Gasteiger partial charge in [0, 0.05) is 13.1 Å². The molecule has 0 radical (unpaired) electrons. The van der Waals surface area contributed by atoms with Crippen molar-refractivity contribution in [2.75, 3.05) is 45.6 Å². The van der Waals surface area contributed by atoms with E-state index in [2.05, 4.69) is 5.32 Å². The Morgan fingerprint density at radius 2 is 2.10 bits per heavy atom. The van der Waals surface area contributed by atoms with Crippen molar-refractivity contribution in [2.24, 2.45) is 0 Å². The zero-order valence-corrected chi connectivity index (χ0v) is 12.8. The van der Waals surface area contributed by atoms with Crippen molar-refractivity contribution >= 4 is 28.2 Å². The van der Waals surface area contributed by atoms with Crippen molar-refractivity contribution in [1.82, 2.24) is 9.80 Å². The molecule has 0 aromatic carbocycles. The summed E-state index contributed by atoms with van der Waals surface area (Å²) in [4.78, 5) is 26.2. The molecule has 0 aliphatic heterocycles. The molecule has 1 rings (SSSR count). The van der Waals surface area contributed by atoms with Crippen LogP contribution in [-0.2, 0) is 9.59 Å². The smallest absolute Gasteiger partial charge is 0.317 e. The molecule has 0 aliphatic carbocycles. The van der Waals surface area contributed by atoms with Crippen LogP contribution in [0.25, 0.3) is 0 Å². The van der Waals surface area contributed by atoms with Crippen molar-refractivity contribution in [2.45, 2.75) is 0 Å². The van der Waals surface area contributed by atoms with E-state index in [0.717, 1.165) is 0 Å². The van der Waals surface area contributed by atoms with Crippen molar-refractivity contribution in [1.29, 1.82) is 5.26 Å². The van der Waals surface area contributed by atoms with Crippen LogP contribution in [0, 0.1) is 11.3 Å². The van der Waals surface area contributed by atoms with Crippen LogP contribution in [0.5, 0.6) is 0 Å². The average molecular weight is 310 g/mol. The summed E-state index contributed by atoms with van der Waals surface area (Å²) in [6.07, 6.45) is 0. The first-order chi connectivity index (χ1) is 9.92. The second kappa shape index (κ2) is 8.36. The summed E-state index contributed by atoms with van der Waals surface area (Å²) in [7, 11) is 3.76. The van der Waals surface area contributed by atoms with Crippen LogP contribution in [0.3, 0.4) is 0 Å². The number of carboxylic acid groups (broad SMARTS) is 1. The third kappa shape index (κ3) is 6.35. The molecule has 2 N–H and O–H groups in total. The SMILES string of the molecule is CN(C)CCN(CC(=O)O)CC(=O)Nc1sccc1C#N. The van der Waals surface area contributed by atoms with Gasteiger partial charge in [-0.05, 0) is 25.5 Å². The number of nitrogens with one attached hydrogen (secondary N) is 1. The number of rotatable bonds is 8. The van der Waals surface area contributed by atoms with Gasteiger partial charge in [0.1, 0.15) is 11.1 Å². The van der Waals surface area contributed by atoms with E-state index in [-0.39, 0.29) is 19.0 Å². The molecular formula is C13H18N4O3S. The Balaban J connectivity index is 2.58. The lowest BCUT2D eigenvalue weighted by molar-refractivity contribution is -0.138. The van der Waals surface area contributed by atoms with Crippen LogP contribution in [0.15, 0.2) is 11.4 Å². The van der Waals surface area contributed by atoms with Gasteiger partial charge < -0.3 is 15.3 Å². The zero-order chi connectivity index (χ0) is 15.8. The van der Waals surface area contributed by atoms with E-state index < -0.39 is 5.97 Å². The third-order valence-corrected chi connectivity index (χ3v) is 3.46. The molecule has 0 fully saturated rings. The second-order valence-corrected chi connectivity index (χ2v) is 5.65. The highest BCUT2D eigenvalue weighted by molar-refractivity contribution is 7.14. The summed E-state index contributed by atoms with van der Waals surface area (Å²) < 4.78 is 0. The fraction of sp³-hybridized carbons (Fsp3) is 0.462. The first kappa shape index (κ1) is 17.1. The quantitative estimate of drug-likeness (QED) is 0.726. The maximum Gasteiger partial charge on any atom is 0.317 e.